The topological polar surface area (TPSA) is 38.9 Å². The highest BCUT2D eigenvalue weighted by molar-refractivity contribution is 5.62. The van der Waals surface area contributed by atoms with E-state index in [-0.39, 0.29) is 0 Å². The first-order chi connectivity index (χ1) is 10.1. The SMILES string of the molecule is Cc1ccccc1-c1nc(-c2ccc(C(C)C)cc2)no1. The number of hydrogen-bond donors (Lipinski definition) is 0. The van der Waals surface area contributed by atoms with E-state index in [9.17, 15) is 0 Å². The Bertz CT molecular complexity index is 742. The summed E-state index contributed by atoms with van der Waals surface area (Å²) in [6.45, 7) is 6.40. The van der Waals surface area contributed by atoms with E-state index in [1.807, 2.05) is 43.3 Å². The fourth-order valence-corrected chi connectivity index (χ4v) is 2.28. The molecule has 0 aliphatic rings. The predicted molar refractivity (Wildman–Crippen MR) is 84.0 cm³/mol. The van der Waals surface area contributed by atoms with Crippen molar-refractivity contribution in [3.63, 3.8) is 0 Å². The van der Waals surface area contributed by atoms with Crippen molar-refractivity contribution >= 4 is 0 Å². The molecule has 0 aliphatic heterocycles. The van der Waals surface area contributed by atoms with Crippen LogP contribution in [0.15, 0.2) is 53.1 Å². The van der Waals surface area contributed by atoms with Gasteiger partial charge in [0.05, 0.1) is 0 Å². The fraction of sp³-hybridized carbons (Fsp3) is 0.222. The van der Waals surface area contributed by atoms with Crippen molar-refractivity contribution in [2.75, 3.05) is 0 Å². The Balaban J connectivity index is 1.93. The smallest absolute Gasteiger partial charge is 0.258 e. The molecule has 0 fully saturated rings. The molecule has 0 aliphatic carbocycles. The highest BCUT2D eigenvalue weighted by Crippen LogP contribution is 2.25. The van der Waals surface area contributed by atoms with E-state index in [1.165, 1.54) is 5.56 Å². The molecule has 1 heterocycles. The lowest BCUT2D eigenvalue weighted by Crippen LogP contribution is -1.87. The van der Waals surface area contributed by atoms with E-state index < -0.39 is 0 Å². The Labute approximate surface area is 124 Å². The zero-order valence-corrected chi connectivity index (χ0v) is 12.5. The van der Waals surface area contributed by atoms with Gasteiger partial charge >= 0.3 is 0 Å². The molecule has 0 saturated carbocycles. The first-order valence-electron chi connectivity index (χ1n) is 7.15. The van der Waals surface area contributed by atoms with Crippen molar-refractivity contribution in [3.05, 3.63) is 59.7 Å². The molecule has 0 spiro atoms. The highest BCUT2D eigenvalue weighted by Gasteiger charge is 2.12. The molecular weight excluding hydrogens is 260 g/mol. The normalized spacial score (nSPS) is 11.0. The maximum absolute atomic E-state index is 5.40. The summed E-state index contributed by atoms with van der Waals surface area (Å²) in [6.07, 6.45) is 0. The number of aryl methyl sites for hydroxylation is 1. The lowest BCUT2D eigenvalue weighted by molar-refractivity contribution is 0.432. The zero-order valence-electron chi connectivity index (χ0n) is 12.5. The molecule has 3 heteroatoms. The average molecular weight is 278 g/mol. The van der Waals surface area contributed by atoms with Crippen LogP contribution >= 0.6 is 0 Å². The molecule has 0 N–H and O–H groups in total. The molecule has 0 bridgehead atoms. The third-order valence-corrected chi connectivity index (χ3v) is 3.64. The molecule has 0 atom stereocenters. The molecule has 106 valence electrons. The summed E-state index contributed by atoms with van der Waals surface area (Å²) in [5.74, 6) is 1.71. The van der Waals surface area contributed by atoms with Gasteiger partial charge in [0.25, 0.3) is 5.89 Å². The van der Waals surface area contributed by atoms with Crippen LogP contribution in [0.2, 0.25) is 0 Å². The van der Waals surface area contributed by atoms with Gasteiger partial charge in [-0.3, -0.25) is 0 Å². The van der Waals surface area contributed by atoms with Gasteiger partial charge < -0.3 is 4.52 Å². The van der Waals surface area contributed by atoms with Gasteiger partial charge in [-0.2, -0.15) is 4.98 Å². The summed E-state index contributed by atoms with van der Waals surface area (Å²) < 4.78 is 5.40. The van der Waals surface area contributed by atoms with Gasteiger partial charge in [0.2, 0.25) is 5.82 Å². The second-order valence-electron chi connectivity index (χ2n) is 5.51. The fourth-order valence-electron chi connectivity index (χ4n) is 2.28. The van der Waals surface area contributed by atoms with Gasteiger partial charge in [0, 0.05) is 11.1 Å². The van der Waals surface area contributed by atoms with Gasteiger partial charge in [-0.15, -0.1) is 0 Å². The average Bonchev–Trinajstić information content (AvgIpc) is 2.97. The number of rotatable bonds is 3. The Morgan fingerprint density at radius 3 is 2.33 bits per heavy atom. The van der Waals surface area contributed by atoms with Crippen LogP contribution in [0, 0.1) is 6.92 Å². The van der Waals surface area contributed by atoms with Crippen molar-refractivity contribution in [2.24, 2.45) is 0 Å². The number of aromatic nitrogens is 2. The lowest BCUT2D eigenvalue weighted by Gasteiger charge is -2.04. The van der Waals surface area contributed by atoms with E-state index in [0.29, 0.717) is 17.6 Å². The first kappa shape index (κ1) is 13.6. The third kappa shape index (κ3) is 2.72. The highest BCUT2D eigenvalue weighted by atomic mass is 16.5. The van der Waals surface area contributed by atoms with Crippen molar-refractivity contribution in [1.82, 2.24) is 10.1 Å². The molecule has 1 aromatic heterocycles. The van der Waals surface area contributed by atoms with E-state index in [0.717, 1.165) is 16.7 Å². The summed E-state index contributed by atoms with van der Waals surface area (Å²) in [5, 5.41) is 4.09. The van der Waals surface area contributed by atoms with Crippen LogP contribution in [-0.2, 0) is 0 Å². The van der Waals surface area contributed by atoms with Gasteiger partial charge in [-0.05, 0) is 30.0 Å². The molecule has 0 amide bonds. The lowest BCUT2D eigenvalue weighted by atomic mass is 10.0. The number of nitrogens with zero attached hydrogens (tertiary/aromatic N) is 2. The molecule has 21 heavy (non-hydrogen) atoms. The van der Waals surface area contributed by atoms with Gasteiger partial charge in [0.15, 0.2) is 0 Å². The minimum atomic E-state index is 0.520. The Kier molecular flexibility index (Phi) is 3.57. The van der Waals surface area contributed by atoms with Gasteiger partial charge in [-0.1, -0.05) is 61.5 Å². The van der Waals surface area contributed by atoms with Crippen LogP contribution in [0.1, 0.15) is 30.9 Å². The molecule has 0 unspecified atom stereocenters. The number of hydrogen-bond acceptors (Lipinski definition) is 3. The molecule has 3 nitrogen and oxygen atoms in total. The van der Waals surface area contributed by atoms with E-state index >= 15 is 0 Å². The molecule has 0 radical (unpaired) electrons. The predicted octanol–water partition coefficient (Wildman–Crippen LogP) is 4.84. The second kappa shape index (κ2) is 5.52. The molecular formula is C18H18N2O. The minimum Gasteiger partial charge on any atom is -0.334 e. The van der Waals surface area contributed by atoms with E-state index in [2.05, 4.69) is 36.1 Å². The summed E-state index contributed by atoms with van der Waals surface area (Å²) in [6, 6.07) is 16.3. The van der Waals surface area contributed by atoms with Crippen LogP contribution in [0.25, 0.3) is 22.8 Å². The van der Waals surface area contributed by atoms with Gasteiger partial charge in [-0.25, -0.2) is 0 Å². The van der Waals surface area contributed by atoms with Crippen LogP contribution in [0.3, 0.4) is 0 Å². The standard InChI is InChI=1S/C18H18N2O/c1-12(2)14-8-10-15(11-9-14)17-19-18(21-20-17)16-7-5-4-6-13(16)3/h4-12H,1-3H3. The minimum absolute atomic E-state index is 0.520. The number of benzene rings is 2. The first-order valence-corrected chi connectivity index (χ1v) is 7.15. The van der Waals surface area contributed by atoms with Crippen molar-refractivity contribution in [2.45, 2.75) is 26.7 Å². The molecule has 3 rings (SSSR count). The summed E-state index contributed by atoms with van der Waals surface area (Å²) in [7, 11) is 0. The van der Waals surface area contributed by atoms with Crippen molar-refractivity contribution in [1.29, 1.82) is 0 Å². The van der Waals surface area contributed by atoms with E-state index in [1.54, 1.807) is 0 Å². The molecule has 2 aromatic carbocycles. The van der Waals surface area contributed by atoms with Crippen molar-refractivity contribution in [3.8, 4) is 22.8 Å². The maximum Gasteiger partial charge on any atom is 0.258 e. The Morgan fingerprint density at radius 2 is 1.67 bits per heavy atom. The largest absolute Gasteiger partial charge is 0.334 e. The van der Waals surface area contributed by atoms with Crippen LogP contribution in [0.5, 0.6) is 0 Å². The summed E-state index contributed by atoms with van der Waals surface area (Å²) in [4.78, 5) is 4.51. The van der Waals surface area contributed by atoms with Crippen LogP contribution in [-0.4, -0.2) is 10.1 Å². The Morgan fingerprint density at radius 1 is 0.952 bits per heavy atom. The molecule has 0 saturated heterocycles. The third-order valence-electron chi connectivity index (χ3n) is 3.64. The zero-order chi connectivity index (χ0) is 14.8. The summed E-state index contributed by atoms with van der Waals surface area (Å²) in [5.41, 5.74) is 4.39. The second-order valence-corrected chi connectivity index (χ2v) is 5.51. The van der Waals surface area contributed by atoms with Crippen LogP contribution in [0.4, 0.5) is 0 Å². The van der Waals surface area contributed by atoms with Crippen molar-refractivity contribution < 1.29 is 4.52 Å². The molecule has 3 aromatic rings. The van der Waals surface area contributed by atoms with Crippen LogP contribution < -0.4 is 0 Å². The monoisotopic (exact) mass is 278 g/mol. The van der Waals surface area contributed by atoms with Gasteiger partial charge in [0.1, 0.15) is 0 Å². The quantitative estimate of drug-likeness (QED) is 0.688. The Hall–Kier alpha value is -2.42. The maximum atomic E-state index is 5.40. The summed E-state index contributed by atoms with van der Waals surface area (Å²) >= 11 is 0. The van der Waals surface area contributed by atoms with E-state index in [4.69, 9.17) is 4.52 Å².